The summed E-state index contributed by atoms with van der Waals surface area (Å²) >= 11 is 5.90. The van der Waals surface area contributed by atoms with E-state index in [0.717, 1.165) is 12.1 Å². The van der Waals surface area contributed by atoms with Crippen LogP contribution >= 0.6 is 11.6 Å². The third-order valence-corrected chi connectivity index (χ3v) is 6.37. The number of amides is 1. The average molecular weight is 419 g/mol. The number of nitro benzene ring substituents is 1. The molecule has 27 heavy (non-hydrogen) atoms. The van der Waals surface area contributed by atoms with E-state index < -0.39 is 38.8 Å². The Balaban J connectivity index is 2.12. The van der Waals surface area contributed by atoms with E-state index >= 15 is 0 Å². The molecule has 2 atom stereocenters. The molecule has 1 aromatic rings. The maximum absolute atomic E-state index is 12.6. The monoisotopic (exact) mass is 418 g/mol. The molecule has 1 aliphatic rings. The van der Waals surface area contributed by atoms with Crippen LogP contribution < -0.4 is 0 Å². The smallest absolute Gasteiger partial charge is 0.340 e. The zero-order valence-electron chi connectivity index (χ0n) is 14.8. The van der Waals surface area contributed by atoms with E-state index in [2.05, 4.69) is 0 Å². The zero-order valence-corrected chi connectivity index (χ0v) is 16.3. The Hall–Kier alpha value is -2.20. The molecule has 9 nitrogen and oxygen atoms in total. The van der Waals surface area contributed by atoms with Crippen LogP contribution in [0.15, 0.2) is 18.2 Å². The molecular formula is C16H19ClN2O7S. The van der Waals surface area contributed by atoms with Crippen LogP contribution in [-0.4, -0.2) is 60.3 Å². The SMILES string of the molecule is CCN(C(=O)C(C)OC(=O)c1cc([N+](=O)[O-])ccc1Cl)C1CCS(=O)(=O)C1. The van der Waals surface area contributed by atoms with Crippen LogP contribution in [0.5, 0.6) is 0 Å². The summed E-state index contributed by atoms with van der Waals surface area (Å²) in [4.78, 5) is 36.4. The summed E-state index contributed by atoms with van der Waals surface area (Å²) in [5.41, 5.74) is -0.561. The number of esters is 1. The largest absolute Gasteiger partial charge is 0.449 e. The minimum atomic E-state index is -3.18. The summed E-state index contributed by atoms with van der Waals surface area (Å²) < 4.78 is 28.4. The highest BCUT2D eigenvalue weighted by molar-refractivity contribution is 7.91. The number of non-ortho nitro benzene ring substituents is 1. The minimum absolute atomic E-state index is 0.0128. The summed E-state index contributed by atoms with van der Waals surface area (Å²) in [5.74, 6) is -1.61. The van der Waals surface area contributed by atoms with Crippen molar-refractivity contribution in [3.63, 3.8) is 0 Å². The van der Waals surface area contributed by atoms with Gasteiger partial charge in [0.25, 0.3) is 11.6 Å². The number of likely N-dealkylation sites (N-methyl/N-ethyl adjacent to an activating group) is 1. The highest BCUT2D eigenvalue weighted by Crippen LogP contribution is 2.24. The van der Waals surface area contributed by atoms with Crippen molar-refractivity contribution in [1.82, 2.24) is 4.90 Å². The number of ether oxygens (including phenoxy) is 1. The maximum Gasteiger partial charge on any atom is 0.340 e. The highest BCUT2D eigenvalue weighted by atomic mass is 35.5. The number of halogens is 1. The third-order valence-electron chi connectivity index (χ3n) is 4.29. The number of carbonyl (C=O) groups excluding carboxylic acids is 2. The fourth-order valence-corrected chi connectivity index (χ4v) is 4.83. The predicted molar refractivity (Wildman–Crippen MR) is 97.4 cm³/mol. The molecule has 1 amide bonds. The van der Waals surface area contributed by atoms with Gasteiger partial charge < -0.3 is 9.64 Å². The van der Waals surface area contributed by atoms with E-state index in [0.29, 0.717) is 6.42 Å². The van der Waals surface area contributed by atoms with Crippen LogP contribution in [0.3, 0.4) is 0 Å². The van der Waals surface area contributed by atoms with Gasteiger partial charge in [-0.15, -0.1) is 0 Å². The molecule has 1 heterocycles. The number of benzene rings is 1. The Morgan fingerprint density at radius 2 is 2.11 bits per heavy atom. The summed E-state index contributed by atoms with van der Waals surface area (Å²) in [6.07, 6.45) is -0.865. The summed E-state index contributed by atoms with van der Waals surface area (Å²) in [7, 11) is -3.18. The second-order valence-corrected chi connectivity index (χ2v) is 8.79. The van der Waals surface area contributed by atoms with E-state index in [1.165, 1.54) is 17.9 Å². The average Bonchev–Trinajstić information content (AvgIpc) is 2.95. The molecule has 1 aromatic carbocycles. The first kappa shape index (κ1) is 21.1. The van der Waals surface area contributed by atoms with Crippen molar-refractivity contribution in [2.45, 2.75) is 32.4 Å². The van der Waals surface area contributed by atoms with E-state index in [1.807, 2.05) is 0 Å². The molecule has 0 N–H and O–H groups in total. The quantitative estimate of drug-likeness (QED) is 0.392. The molecule has 11 heteroatoms. The van der Waals surface area contributed by atoms with E-state index in [9.17, 15) is 28.1 Å². The van der Waals surface area contributed by atoms with Gasteiger partial charge in [-0.05, 0) is 26.3 Å². The summed E-state index contributed by atoms with van der Waals surface area (Å²) in [6, 6.07) is 2.86. The predicted octanol–water partition coefficient (Wildman–Crippen LogP) is 1.83. The fraction of sp³-hybridized carbons (Fsp3) is 0.500. The molecule has 1 fully saturated rings. The van der Waals surface area contributed by atoms with Crippen molar-refractivity contribution in [2.24, 2.45) is 0 Å². The first-order chi connectivity index (χ1) is 12.6. The first-order valence-corrected chi connectivity index (χ1v) is 10.4. The Morgan fingerprint density at radius 3 is 2.63 bits per heavy atom. The van der Waals surface area contributed by atoms with Gasteiger partial charge in [0.05, 0.1) is 27.0 Å². The van der Waals surface area contributed by atoms with Crippen LogP contribution in [0, 0.1) is 10.1 Å². The van der Waals surface area contributed by atoms with Crippen molar-refractivity contribution < 1.29 is 27.7 Å². The number of rotatable bonds is 6. The number of hydrogen-bond acceptors (Lipinski definition) is 7. The van der Waals surface area contributed by atoms with Crippen molar-refractivity contribution in [1.29, 1.82) is 0 Å². The van der Waals surface area contributed by atoms with Gasteiger partial charge in [-0.2, -0.15) is 0 Å². The van der Waals surface area contributed by atoms with Gasteiger partial charge in [0.1, 0.15) is 0 Å². The Kier molecular flexibility index (Phi) is 6.42. The van der Waals surface area contributed by atoms with Crippen LogP contribution in [0.4, 0.5) is 5.69 Å². The van der Waals surface area contributed by atoms with Crippen molar-refractivity contribution in [3.8, 4) is 0 Å². The van der Waals surface area contributed by atoms with Crippen molar-refractivity contribution in [3.05, 3.63) is 38.9 Å². The Morgan fingerprint density at radius 1 is 1.44 bits per heavy atom. The number of carbonyl (C=O) groups is 2. The lowest BCUT2D eigenvalue weighted by Gasteiger charge is -2.29. The van der Waals surface area contributed by atoms with E-state index in [-0.39, 0.29) is 34.3 Å². The number of nitrogens with zero attached hydrogens (tertiary/aromatic N) is 2. The lowest BCUT2D eigenvalue weighted by atomic mass is 10.2. The molecule has 2 rings (SSSR count). The number of sulfone groups is 1. The number of hydrogen-bond donors (Lipinski definition) is 0. The van der Waals surface area contributed by atoms with Gasteiger partial charge in [0, 0.05) is 24.7 Å². The minimum Gasteiger partial charge on any atom is -0.449 e. The van der Waals surface area contributed by atoms with Gasteiger partial charge in [0.2, 0.25) is 0 Å². The molecule has 2 unspecified atom stereocenters. The van der Waals surface area contributed by atoms with E-state index in [4.69, 9.17) is 16.3 Å². The second-order valence-electron chi connectivity index (χ2n) is 6.15. The zero-order chi connectivity index (χ0) is 20.4. The Labute approximate surface area is 161 Å². The van der Waals surface area contributed by atoms with Gasteiger partial charge in [0.15, 0.2) is 15.9 Å². The van der Waals surface area contributed by atoms with Crippen molar-refractivity contribution in [2.75, 3.05) is 18.1 Å². The molecule has 0 spiro atoms. The molecule has 148 valence electrons. The van der Waals surface area contributed by atoms with E-state index in [1.54, 1.807) is 6.92 Å². The summed E-state index contributed by atoms with van der Waals surface area (Å²) in [5, 5.41) is 10.8. The second kappa shape index (κ2) is 8.22. The molecular weight excluding hydrogens is 400 g/mol. The molecule has 0 bridgehead atoms. The van der Waals surface area contributed by atoms with Crippen LogP contribution in [-0.2, 0) is 19.4 Å². The molecule has 0 radical (unpaired) electrons. The molecule has 0 aliphatic carbocycles. The van der Waals surface area contributed by atoms with Crippen LogP contribution in [0.1, 0.15) is 30.6 Å². The summed E-state index contributed by atoms with van der Waals surface area (Å²) in [6.45, 7) is 3.32. The molecule has 0 aromatic heterocycles. The fourth-order valence-electron chi connectivity index (χ4n) is 2.91. The normalized spacial score (nSPS) is 19.3. The molecule has 1 saturated heterocycles. The molecule has 0 saturated carbocycles. The van der Waals surface area contributed by atoms with Gasteiger partial charge in [-0.1, -0.05) is 11.6 Å². The lowest BCUT2D eigenvalue weighted by molar-refractivity contribution is -0.384. The van der Waals surface area contributed by atoms with Gasteiger partial charge in [-0.25, -0.2) is 13.2 Å². The van der Waals surface area contributed by atoms with Gasteiger partial charge in [-0.3, -0.25) is 14.9 Å². The lowest BCUT2D eigenvalue weighted by Crippen LogP contribution is -2.46. The molecule has 1 aliphatic heterocycles. The van der Waals surface area contributed by atoms with Crippen LogP contribution in [0.2, 0.25) is 5.02 Å². The van der Waals surface area contributed by atoms with Crippen molar-refractivity contribution >= 4 is 39.0 Å². The third kappa shape index (κ3) is 4.95. The Bertz CT molecular complexity index is 872. The standard InChI is InChI=1S/C16H19ClN2O7S/c1-3-18(12-6-7-27(24,25)9-12)15(20)10(2)26-16(21)13-8-11(19(22)23)4-5-14(13)17/h4-5,8,10,12H,3,6-7,9H2,1-2H3. The topological polar surface area (TPSA) is 124 Å². The first-order valence-electron chi connectivity index (χ1n) is 8.21. The maximum atomic E-state index is 12.6. The van der Waals surface area contributed by atoms with Gasteiger partial charge >= 0.3 is 5.97 Å². The van der Waals surface area contributed by atoms with Crippen LogP contribution in [0.25, 0.3) is 0 Å². The highest BCUT2D eigenvalue weighted by Gasteiger charge is 2.36. The number of nitro groups is 1.